The van der Waals surface area contributed by atoms with Gasteiger partial charge in [-0.15, -0.1) is 0 Å². The van der Waals surface area contributed by atoms with Crippen molar-refractivity contribution in [2.24, 2.45) is 11.8 Å². The average molecular weight is 291 g/mol. The number of amides is 2. The summed E-state index contributed by atoms with van der Waals surface area (Å²) in [5.74, 6) is -0.175. The van der Waals surface area contributed by atoms with Crippen molar-refractivity contribution in [3.05, 3.63) is 34.5 Å². The smallest absolute Gasteiger partial charge is 0.237 e. The van der Waals surface area contributed by atoms with Crippen LogP contribution in [0.3, 0.4) is 0 Å². The number of fused-ring (bicyclic) bond motifs is 1. The van der Waals surface area contributed by atoms with Crippen LogP contribution in [-0.2, 0) is 16.1 Å². The molecule has 3 rings (SSSR count). The molecule has 0 saturated carbocycles. The van der Waals surface area contributed by atoms with Crippen molar-refractivity contribution in [2.45, 2.75) is 19.4 Å². The molecule has 1 fully saturated rings. The van der Waals surface area contributed by atoms with Gasteiger partial charge in [0, 0.05) is 5.56 Å². The van der Waals surface area contributed by atoms with Gasteiger partial charge in [-0.05, 0) is 29.7 Å². The summed E-state index contributed by atoms with van der Waals surface area (Å²) in [7, 11) is 2.03. The lowest BCUT2D eigenvalue weighted by Gasteiger charge is -2.20. The van der Waals surface area contributed by atoms with E-state index in [9.17, 15) is 9.59 Å². The van der Waals surface area contributed by atoms with Crippen LogP contribution in [0.4, 0.5) is 0 Å². The van der Waals surface area contributed by atoms with Crippen molar-refractivity contribution >= 4 is 23.2 Å². The third-order valence-electron chi connectivity index (χ3n) is 4.11. The standard InChI is InChI=1S/C15H18N2O2S/c1-16(8-11-6-7-20-9-11)10-17-14(18)12-4-2-3-5-13(12)15(17)19/h2-3,6-7,9,12-13H,4-5,8,10H2,1H3/p+1/t12-,13-/m0/s1. The van der Waals surface area contributed by atoms with Crippen molar-refractivity contribution in [1.29, 1.82) is 0 Å². The Labute approximate surface area is 122 Å². The fraction of sp³-hybridized carbons (Fsp3) is 0.467. The molecule has 0 aromatic carbocycles. The Morgan fingerprint density at radius 3 is 2.45 bits per heavy atom. The van der Waals surface area contributed by atoms with E-state index in [1.54, 1.807) is 11.3 Å². The number of imide groups is 1. The maximum absolute atomic E-state index is 12.3. The van der Waals surface area contributed by atoms with Crippen LogP contribution in [0.5, 0.6) is 0 Å². The molecule has 1 saturated heterocycles. The van der Waals surface area contributed by atoms with Crippen LogP contribution >= 0.6 is 11.3 Å². The Hall–Kier alpha value is -1.46. The van der Waals surface area contributed by atoms with E-state index in [0.717, 1.165) is 24.3 Å². The molecule has 106 valence electrons. The molecule has 2 amide bonds. The van der Waals surface area contributed by atoms with E-state index in [4.69, 9.17) is 0 Å². The number of carbonyl (C=O) groups excluding carboxylic acids is 2. The van der Waals surface area contributed by atoms with Gasteiger partial charge >= 0.3 is 0 Å². The number of allylic oxidation sites excluding steroid dienone is 2. The highest BCUT2D eigenvalue weighted by atomic mass is 32.1. The Morgan fingerprint density at radius 1 is 1.25 bits per heavy atom. The summed E-state index contributed by atoms with van der Waals surface area (Å²) >= 11 is 1.67. The Balaban J connectivity index is 1.65. The lowest BCUT2D eigenvalue weighted by Crippen LogP contribution is -3.09. The summed E-state index contributed by atoms with van der Waals surface area (Å²) in [5.41, 5.74) is 1.26. The summed E-state index contributed by atoms with van der Waals surface area (Å²) < 4.78 is 0. The van der Waals surface area contributed by atoms with E-state index in [2.05, 4.69) is 16.8 Å². The largest absolute Gasteiger partial charge is 0.316 e. The van der Waals surface area contributed by atoms with Crippen LogP contribution in [-0.4, -0.2) is 30.4 Å². The minimum Gasteiger partial charge on any atom is -0.316 e. The monoisotopic (exact) mass is 291 g/mol. The summed E-state index contributed by atoms with van der Waals surface area (Å²) in [6, 6.07) is 2.09. The van der Waals surface area contributed by atoms with Crippen LogP contribution < -0.4 is 4.90 Å². The first-order chi connectivity index (χ1) is 9.66. The molecule has 20 heavy (non-hydrogen) atoms. The van der Waals surface area contributed by atoms with E-state index >= 15 is 0 Å². The van der Waals surface area contributed by atoms with Crippen LogP contribution in [0.15, 0.2) is 29.0 Å². The molecular weight excluding hydrogens is 272 g/mol. The quantitative estimate of drug-likeness (QED) is 0.654. The maximum atomic E-state index is 12.3. The second-order valence-electron chi connectivity index (χ2n) is 5.68. The van der Waals surface area contributed by atoms with Crippen molar-refractivity contribution < 1.29 is 14.5 Å². The van der Waals surface area contributed by atoms with Crippen LogP contribution in [0.1, 0.15) is 18.4 Å². The molecule has 1 aromatic rings. The molecule has 1 aromatic heterocycles. The third kappa shape index (κ3) is 2.43. The van der Waals surface area contributed by atoms with Crippen LogP contribution in [0.2, 0.25) is 0 Å². The van der Waals surface area contributed by atoms with Gasteiger partial charge in [-0.3, -0.25) is 9.59 Å². The van der Waals surface area contributed by atoms with E-state index in [1.807, 2.05) is 19.2 Å². The van der Waals surface area contributed by atoms with E-state index < -0.39 is 0 Å². The predicted octanol–water partition coefficient (Wildman–Crippen LogP) is 0.671. The van der Waals surface area contributed by atoms with Gasteiger partial charge < -0.3 is 4.90 Å². The summed E-state index contributed by atoms with van der Waals surface area (Å²) in [5, 5.41) is 4.16. The number of thiophene rings is 1. The van der Waals surface area contributed by atoms with E-state index in [0.29, 0.717) is 6.67 Å². The first-order valence-electron chi connectivity index (χ1n) is 6.99. The van der Waals surface area contributed by atoms with E-state index in [-0.39, 0.29) is 23.7 Å². The molecule has 1 unspecified atom stereocenters. The molecule has 3 atom stereocenters. The lowest BCUT2D eigenvalue weighted by atomic mass is 9.85. The predicted molar refractivity (Wildman–Crippen MR) is 77.0 cm³/mol. The highest BCUT2D eigenvalue weighted by Gasteiger charge is 2.48. The van der Waals surface area contributed by atoms with Gasteiger partial charge in [0.05, 0.1) is 18.9 Å². The number of rotatable bonds is 4. The molecule has 0 bridgehead atoms. The van der Waals surface area contributed by atoms with Crippen molar-refractivity contribution in [2.75, 3.05) is 13.7 Å². The zero-order chi connectivity index (χ0) is 14.1. The number of nitrogens with one attached hydrogen (secondary N) is 1. The summed E-state index contributed by atoms with van der Waals surface area (Å²) in [6.07, 6.45) is 5.49. The van der Waals surface area contributed by atoms with Gasteiger partial charge in [-0.2, -0.15) is 11.3 Å². The Bertz CT molecular complexity index is 512. The molecule has 0 spiro atoms. The van der Waals surface area contributed by atoms with Gasteiger partial charge in [-0.1, -0.05) is 12.2 Å². The van der Waals surface area contributed by atoms with Gasteiger partial charge in [0.15, 0.2) is 6.67 Å². The number of hydrogen-bond acceptors (Lipinski definition) is 3. The molecule has 2 heterocycles. The topological polar surface area (TPSA) is 41.8 Å². The van der Waals surface area contributed by atoms with Gasteiger partial charge in [0.2, 0.25) is 11.8 Å². The van der Waals surface area contributed by atoms with Gasteiger partial charge in [0.25, 0.3) is 0 Å². The second kappa shape index (κ2) is 5.50. The zero-order valence-corrected chi connectivity index (χ0v) is 12.4. The van der Waals surface area contributed by atoms with E-state index in [1.165, 1.54) is 10.5 Å². The maximum Gasteiger partial charge on any atom is 0.237 e. The van der Waals surface area contributed by atoms with Gasteiger partial charge in [-0.25, -0.2) is 4.90 Å². The molecule has 5 heteroatoms. The summed E-state index contributed by atoms with van der Waals surface area (Å²) in [6.45, 7) is 1.31. The number of hydrogen-bond donors (Lipinski definition) is 1. The fourth-order valence-electron chi connectivity index (χ4n) is 3.09. The van der Waals surface area contributed by atoms with Crippen molar-refractivity contribution in [3.8, 4) is 0 Å². The highest BCUT2D eigenvalue weighted by molar-refractivity contribution is 7.07. The molecule has 1 N–H and O–H groups in total. The zero-order valence-electron chi connectivity index (χ0n) is 11.5. The molecule has 4 nitrogen and oxygen atoms in total. The number of carbonyl (C=O) groups is 2. The van der Waals surface area contributed by atoms with Crippen molar-refractivity contribution in [1.82, 2.24) is 4.90 Å². The molecular formula is C15H19N2O2S+. The molecule has 0 radical (unpaired) electrons. The minimum absolute atomic E-state index is 0.0222. The summed E-state index contributed by atoms with van der Waals surface area (Å²) in [4.78, 5) is 27.3. The molecule has 1 aliphatic carbocycles. The van der Waals surface area contributed by atoms with Crippen LogP contribution in [0, 0.1) is 11.8 Å². The molecule has 2 aliphatic rings. The fourth-order valence-corrected chi connectivity index (χ4v) is 3.76. The Kier molecular flexibility index (Phi) is 3.72. The minimum atomic E-state index is -0.110. The number of nitrogens with zero attached hydrogens (tertiary/aromatic N) is 1. The SMILES string of the molecule is C[NH+](Cc1ccsc1)CN1C(=O)[C@H]2CC=CC[C@@H]2C1=O. The Morgan fingerprint density at radius 2 is 1.90 bits per heavy atom. The third-order valence-corrected chi connectivity index (χ3v) is 4.84. The van der Waals surface area contributed by atoms with Gasteiger partial charge in [0.1, 0.15) is 6.54 Å². The number of quaternary nitrogens is 1. The van der Waals surface area contributed by atoms with Crippen molar-refractivity contribution in [3.63, 3.8) is 0 Å². The van der Waals surface area contributed by atoms with Crippen LogP contribution in [0.25, 0.3) is 0 Å². The normalized spacial score (nSPS) is 26.9. The average Bonchev–Trinajstić information content (AvgIpc) is 3.03. The first-order valence-corrected chi connectivity index (χ1v) is 7.93. The molecule has 1 aliphatic heterocycles. The first kappa shape index (κ1) is 13.5. The second-order valence-corrected chi connectivity index (χ2v) is 6.46. The highest BCUT2D eigenvalue weighted by Crippen LogP contribution is 2.34. The number of likely N-dealkylation sites (tertiary alicyclic amines) is 1. The lowest BCUT2D eigenvalue weighted by molar-refractivity contribution is -0.901.